The smallest absolute Gasteiger partial charge is 0.261 e. The minimum Gasteiger partial charge on any atom is -0.391 e. The highest BCUT2D eigenvalue weighted by atomic mass is 19.1. The molecule has 3 unspecified atom stereocenters. The van der Waals surface area contributed by atoms with Crippen molar-refractivity contribution in [2.24, 2.45) is 11.7 Å². The van der Waals surface area contributed by atoms with E-state index in [1.165, 1.54) is 12.1 Å². The standard InChI is InChI=1S/C31H33F2N3O5/c1-2-19-6-5-7-20(12-19)17-35-18-27(37)26(15-21-13-22(32)16-23(33)14-21)31(41,30(34)40)10-11-36-28(38)24-8-3-4-9-25(24)29(36)39/h3-9,12-14,16,26-27,35,37,41H,2,10-11,15,17-18H2,1H3,(H2,34,40). The first-order valence-electron chi connectivity index (χ1n) is 13.4. The molecule has 3 amide bonds. The quantitative estimate of drug-likeness (QED) is 0.236. The number of nitrogens with zero attached hydrogens (tertiary/aromatic N) is 1. The van der Waals surface area contributed by atoms with E-state index in [1.807, 2.05) is 31.2 Å². The van der Waals surface area contributed by atoms with Crippen LogP contribution in [0.3, 0.4) is 0 Å². The molecule has 0 aliphatic carbocycles. The Hall–Kier alpha value is -3.99. The third-order valence-corrected chi connectivity index (χ3v) is 7.56. The van der Waals surface area contributed by atoms with Crippen molar-refractivity contribution in [3.05, 3.63) is 106 Å². The van der Waals surface area contributed by atoms with Crippen molar-refractivity contribution in [1.82, 2.24) is 10.2 Å². The maximum atomic E-state index is 14.0. The van der Waals surface area contributed by atoms with Gasteiger partial charge in [-0.2, -0.15) is 0 Å². The van der Waals surface area contributed by atoms with Crippen LogP contribution in [0.5, 0.6) is 0 Å². The van der Waals surface area contributed by atoms with Gasteiger partial charge in [0.15, 0.2) is 0 Å². The van der Waals surface area contributed by atoms with Crippen molar-refractivity contribution in [1.29, 1.82) is 0 Å². The topological polar surface area (TPSA) is 133 Å². The summed E-state index contributed by atoms with van der Waals surface area (Å²) in [5.41, 5.74) is 5.78. The molecular weight excluding hydrogens is 532 g/mol. The van der Waals surface area contributed by atoms with Crippen LogP contribution >= 0.6 is 0 Å². The van der Waals surface area contributed by atoms with Gasteiger partial charge in [-0.15, -0.1) is 0 Å². The number of amides is 3. The van der Waals surface area contributed by atoms with E-state index in [4.69, 9.17) is 5.73 Å². The summed E-state index contributed by atoms with van der Waals surface area (Å²) in [7, 11) is 0. The van der Waals surface area contributed by atoms with E-state index < -0.39 is 53.4 Å². The van der Waals surface area contributed by atoms with Gasteiger partial charge < -0.3 is 21.3 Å². The van der Waals surface area contributed by atoms with Gasteiger partial charge in [-0.25, -0.2) is 8.78 Å². The summed E-state index contributed by atoms with van der Waals surface area (Å²) < 4.78 is 28.0. The number of rotatable bonds is 13. The Bertz CT molecular complexity index is 1390. The Balaban J connectivity index is 1.56. The van der Waals surface area contributed by atoms with Crippen LogP contribution in [0.25, 0.3) is 0 Å². The number of carbonyl (C=O) groups excluding carboxylic acids is 3. The fraction of sp³-hybridized carbons (Fsp3) is 0.323. The Kier molecular flexibility index (Phi) is 9.27. The van der Waals surface area contributed by atoms with Crippen LogP contribution in [0.15, 0.2) is 66.7 Å². The fourth-order valence-electron chi connectivity index (χ4n) is 5.29. The number of nitrogens with two attached hydrogens (primary N) is 1. The number of halogens is 2. The number of aliphatic hydroxyl groups excluding tert-OH is 1. The van der Waals surface area contributed by atoms with Gasteiger partial charge in [0.25, 0.3) is 11.8 Å². The molecule has 0 spiro atoms. The van der Waals surface area contributed by atoms with Crippen molar-refractivity contribution in [3.8, 4) is 0 Å². The largest absolute Gasteiger partial charge is 0.391 e. The summed E-state index contributed by atoms with van der Waals surface area (Å²) >= 11 is 0. The lowest BCUT2D eigenvalue weighted by atomic mass is 9.76. The van der Waals surface area contributed by atoms with Gasteiger partial charge in [-0.05, 0) is 53.8 Å². The monoisotopic (exact) mass is 565 g/mol. The Labute approximate surface area is 236 Å². The number of hydrogen-bond acceptors (Lipinski definition) is 6. The third kappa shape index (κ3) is 6.67. The Morgan fingerprint density at radius 1 is 0.951 bits per heavy atom. The second kappa shape index (κ2) is 12.7. The maximum absolute atomic E-state index is 14.0. The fourth-order valence-corrected chi connectivity index (χ4v) is 5.29. The van der Waals surface area contributed by atoms with Crippen LogP contribution < -0.4 is 11.1 Å². The molecule has 0 fully saturated rings. The molecule has 3 aromatic rings. The van der Waals surface area contributed by atoms with E-state index in [0.29, 0.717) is 12.6 Å². The van der Waals surface area contributed by atoms with E-state index in [-0.39, 0.29) is 36.2 Å². The molecule has 41 heavy (non-hydrogen) atoms. The van der Waals surface area contributed by atoms with Crippen molar-refractivity contribution in [2.45, 2.75) is 44.4 Å². The molecular formula is C31H33F2N3O5. The third-order valence-electron chi connectivity index (χ3n) is 7.56. The van der Waals surface area contributed by atoms with Crippen LogP contribution in [0.2, 0.25) is 0 Å². The zero-order valence-corrected chi connectivity index (χ0v) is 22.6. The summed E-state index contributed by atoms with van der Waals surface area (Å²) in [6.07, 6.45) is -1.37. The lowest BCUT2D eigenvalue weighted by Crippen LogP contribution is -2.57. The van der Waals surface area contributed by atoms with Gasteiger partial charge in [0.2, 0.25) is 5.91 Å². The average molecular weight is 566 g/mol. The second-order valence-corrected chi connectivity index (χ2v) is 10.3. The molecule has 0 bridgehead atoms. The molecule has 10 heteroatoms. The number of fused-ring (bicyclic) bond motifs is 1. The predicted molar refractivity (Wildman–Crippen MR) is 148 cm³/mol. The molecule has 0 radical (unpaired) electrons. The first-order chi connectivity index (χ1) is 19.5. The van der Waals surface area contributed by atoms with Gasteiger partial charge in [0.05, 0.1) is 17.2 Å². The van der Waals surface area contributed by atoms with Crippen molar-refractivity contribution < 1.29 is 33.4 Å². The van der Waals surface area contributed by atoms with Crippen LogP contribution in [-0.4, -0.2) is 57.6 Å². The number of aliphatic hydroxyl groups is 2. The molecule has 216 valence electrons. The van der Waals surface area contributed by atoms with Crippen LogP contribution in [-0.2, 0) is 24.2 Å². The molecule has 0 aromatic heterocycles. The van der Waals surface area contributed by atoms with E-state index in [2.05, 4.69) is 5.32 Å². The second-order valence-electron chi connectivity index (χ2n) is 10.3. The highest BCUT2D eigenvalue weighted by Gasteiger charge is 2.47. The number of nitrogens with one attached hydrogen (secondary N) is 1. The first kappa shape index (κ1) is 30.0. The number of primary amides is 1. The number of aryl methyl sites for hydroxylation is 1. The minimum atomic E-state index is -2.44. The summed E-state index contributed by atoms with van der Waals surface area (Å²) in [5, 5.41) is 26.0. The molecule has 4 rings (SSSR count). The van der Waals surface area contributed by atoms with E-state index >= 15 is 0 Å². The van der Waals surface area contributed by atoms with Crippen molar-refractivity contribution >= 4 is 17.7 Å². The van der Waals surface area contributed by atoms with Gasteiger partial charge in [-0.3, -0.25) is 19.3 Å². The summed E-state index contributed by atoms with van der Waals surface area (Å²) in [6, 6.07) is 16.8. The zero-order valence-electron chi connectivity index (χ0n) is 22.6. The predicted octanol–water partition coefficient (Wildman–Crippen LogP) is 2.74. The number of carbonyl (C=O) groups is 3. The molecule has 8 nitrogen and oxygen atoms in total. The van der Waals surface area contributed by atoms with Gasteiger partial charge in [0.1, 0.15) is 17.2 Å². The molecule has 0 saturated heterocycles. The van der Waals surface area contributed by atoms with E-state index in [1.54, 1.807) is 12.1 Å². The lowest BCUT2D eigenvalue weighted by Gasteiger charge is -2.37. The first-order valence-corrected chi connectivity index (χ1v) is 13.4. The van der Waals surface area contributed by atoms with E-state index in [9.17, 15) is 33.4 Å². The Morgan fingerprint density at radius 2 is 1.56 bits per heavy atom. The molecule has 1 heterocycles. The SMILES string of the molecule is CCc1cccc(CNCC(O)C(Cc2cc(F)cc(F)c2)C(O)(CCN2C(=O)c3ccccc3C2=O)C(N)=O)c1. The molecule has 3 atom stereocenters. The van der Waals surface area contributed by atoms with E-state index in [0.717, 1.165) is 34.6 Å². The molecule has 5 N–H and O–H groups in total. The number of imide groups is 1. The normalized spacial score (nSPS) is 15.9. The maximum Gasteiger partial charge on any atom is 0.261 e. The highest BCUT2D eigenvalue weighted by Crippen LogP contribution is 2.31. The van der Waals surface area contributed by atoms with Crippen LogP contribution in [0.1, 0.15) is 50.8 Å². The molecule has 0 saturated carbocycles. The molecule has 1 aliphatic rings. The highest BCUT2D eigenvalue weighted by molar-refractivity contribution is 6.21. The van der Waals surface area contributed by atoms with Gasteiger partial charge in [-0.1, -0.05) is 43.3 Å². The number of hydrogen-bond donors (Lipinski definition) is 4. The van der Waals surface area contributed by atoms with Crippen LogP contribution in [0, 0.1) is 17.6 Å². The zero-order chi connectivity index (χ0) is 29.7. The lowest BCUT2D eigenvalue weighted by molar-refractivity contribution is -0.150. The average Bonchev–Trinajstić information content (AvgIpc) is 3.18. The summed E-state index contributed by atoms with van der Waals surface area (Å²) in [5.74, 6) is -5.45. The van der Waals surface area contributed by atoms with Crippen LogP contribution in [0.4, 0.5) is 8.78 Å². The minimum absolute atomic E-state index is 0.0857. The number of benzene rings is 3. The summed E-state index contributed by atoms with van der Waals surface area (Å²) in [6.45, 7) is 1.93. The molecule has 3 aromatic carbocycles. The van der Waals surface area contributed by atoms with Gasteiger partial charge >= 0.3 is 0 Å². The molecule has 1 aliphatic heterocycles. The van der Waals surface area contributed by atoms with Gasteiger partial charge in [0, 0.05) is 38.0 Å². The Morgan fingerprint density at radius 3 is 2.15 bits per heavy atom. The van der Waals surface area contributed by atoms with Crippen molar-refractivity contribution in [3.63, 3.8) is 0 Å². The summed E-state index contributed by atoms with van der Waals surface area (Å²) in [4.78, 5) is 39.4. The van der Waals surface area contributed by atoms with Crippen molar-refractivity contribution in [2.75, 3.05) is 13.1 Å².